The number of fused-ring (bicyclic) bond motifs is 1. The van der Waals surface area contributed by atoms with Gasteiger partial charge in [-0.05, 0) is 24.6 Å². The first-order valence-corrected chi connectivity index (χ1v) is 4.98. The average molecular weight is 234 g/mol. The first kappa shape index (κ1) is 11.2. The average Bonchev–Trinajstić information content (AvgIpc) is 2.75. The molecule has 1 aliphatic heterocycles. The molecule has 2 rings (SSSR count). The van der Waals surface area contributed by atoms with Gasteiger partial charge in [-0.3, -0.25) is 0 Å². The summed E-state index contributed by atoms with van der Waals surface area (Å²) in [5, 5.41) is 8.85. The fourth-order valence-electron chi connectivity index (χ4n) is 1.65. The molecule has 1 aliphatic rings. The van der Waals surface area contributed by atoms with E-state index in [2.05, 4.69) is 4.79 Å². The number of ether oxygens (including phenoxy) is 2. The van der Waals surface area contributed by atoms with E-state index in [9.17, 15) is 4.79 Å². The molecule has 0 saturated heterocycles. The molecule has 6 heteroatoms. The maximum atomic E-state index is 10.8. The minimum Gasteiger partial charge on any atom is -0.473 e. The Morgan fingerprint density at radius 2 is 2.18 bits per heavy atom. The predicted octanol–water partition coefficient (Wildman–Crippen LogP) is 1.27. The number of carboxylic acid groups (broad SMARTS) is 1. The summed E-state index contributed by atoms with van der Waals surface area (Å²) in [6.45, 7) is 1.80. The van der Waals surface area contributed by atoms with E-state index in [1.54, 1.807) is 25.1 Å². The number of benzene rings is 1. The second kappa shape index (κ2) is 4.27. The molecule has 1 heterocycles. The van der Waals surface area contributed by atoms with E-state index < -0.39 is 11.9 Å². The van der Waals surface area contributed by atoms with E-state index in [-0.39, 0.29) is 12.5 Å². The summed E-state index contributed by atoms with van der Waals surface area (Å²) in [6, 6.07) is 5.10. The summed E-state index contributed by atoms with van der Waals surface area (Å²) in [4.78, 5) is 13.6. The summed E-state index contributed by atoms with van der Waals surface area (Å²) < 4.78 is 10.3. The van der Waals surface area contributed by atoms with Gasteiger partial charge in [-0.2, -0.15) is 4.79 Å². The number of hydrogen-bond donors (Lipinski definition) is 1. The minimum absolute atomic E-state index is 0.160. The van der Waals surface area contributed by atoms with Crippen LogP contribution in [-0.4, -0.2) is 28.4 Å². The van der Waals surface area contributed by atoms with Crippen LogP contribution < -0.4 is 9.47 Å². The van der Waals surface area contributed by atoms with Gasteiger partial charge >= 0.3 is 11.7 Å². The van der Waals surface area contributed by atoms with Crippen molar-refractivity contribution in [2.75, 3.05) is 6.79 Å². The third-order valence-corrected chi connectivity index (χ3v) is 2.63. The summed E-state index contributed by atoms with van der Waals surface area (Å²) >= 11 is 0. The van der Waals surface area contributed by atoms with Gasteiger partial charge < -0.3 is 20.1 Å². The monoisotopic (exact) mass is 234 g/mol. The lowest BCUT2D eigenvalue weighted by Crippen LogP contribution is -2.21. The highest BCUT2D eigenvalue weighted by Crippen LogP contribution is 2.34. The third-order valence-electron chi connectivity index (χ3n) is 2.63. The van der Waals surface area contributed by atoms with Crippen LogP contribution in [0.3, 0.4) is 0 Å². The standard InChI is InChI=1S/C11H10N2O4/c1-6(10(13-12)11(14)15)7-2-3-8-9(4-7)17-5-16-8/h2-4,6H,5H2,1H3,(H,14,15). The normalized spacial score (nSPS) is 13.9. The molecule has 17 heavy (non-hydrogen) atoms. The molecule has 0 saturated carbocycles. The highest BCUT2D eigenvalue weighted by Gasteiger charge is 2.29. The molecular formula is C11H10N2O4. The Morgan fingerprint density at radius 3 is 2.82 bits per heavy atom. The maximum Gasteiger partial charge on any atom is 0.415 e. The minimum atomic E-state index is -1.25. The molecular weight excluding hydrogens is 224 g/mol. The summed E-state index contributed by atoms with van der Waals surface area (Å²) in [5.41, 5.74) is 9.04. The second-order valence-electron chi connectivity index (χ2n) is 3.62. The molecule has 1 aromatic carbocycles. The highest BCUT2D eigenvalue weighted by atomic mass is 16.7. The Bertz CT molecular complexity index is 520. The van der Waals surface area contributed by atoms with E-state index in [0.717, 1.165) is 0 Å². The zero-order valence-electron chi connectivity index (χ0n) is 9.08. The summed E-state index contributed by atoms with van der Waals surface area (Å²) in [5.74, 6) is -0.597. The molecule has 1 N–H and O–H groups in total. The largest absolute Gasteiger partial charge is 0.473 e. The number of carbonyl (C=O) groups is 1. The molecule has 0 bridgehead atoms. The van der Waals surface area contributed by atoms with Crippen LogP contribution >= 0.6 is 0 Å². The summed E-state index contributed by atoms with van der Waals surface area (Å²) in [7, 11) is 0. The number of carboxylic acids is 1. The molecule has 1 atom stereocenters. The Kier molecular flexibility index (Phi) is 2.80. The van der Waals surface area contributed by atoms with Crippen LogP contribution in [0.25, 0.3) is 5.53 Å². The molecule has 0 radical (unpaired) electrons. The van der Waals surface area contributed by atoms with Gasteiger partial charge in [0, 0.05) is 0 Å². The Morgan fingerprint density at radius 1 is 1.47 bits per heavy atom. The first-order chi connectivity index (χ1) is 8.13. The lowest BCUT2D eigenvalue weighted by atomic mass is 9.96. The molecule has 0 aromatic heterocycles. The van der Waals surface area contributed by atoms with Crippen LogP contribution in [0.4, 0.5) is 0 Å². The van der Waals surface area contributed by atoms with E-state index in [4.69, 9.17) is 20.1 Å². The Labute approximate surface area is 97.0 Å². The quantitative estimate of drug-likeness (QED) is 0.484. The van der Waals surface area contributed by atoms with Crippen molar-refractivity contribution < 1.29 is 24.2 Å². The zero-order chi connectivity index (χ0) is 12.4. The fourth-order valence-corrected chi connectivity index (χ4v) is 1.65. The fraction of sp³-hybridized carbons (Fsp3) is 0.273. The van der Waals surface area contributed by atoms with Crippen LogP contribution in [0.15, 0.2) is 18.2 Å². The number of aliphatic carboxylic acids is 1. The van der Waals surface area contributed by atoms with Crippen LogP contribution in [0, 0.1) is 0 Å². The van der Waals surface area contributed by atoms with Crippen molar-refractivity contribution >= 4 is 11.7 Å². The van der Waals surface area contributed by atoms with Crippen LogP contribution in [0.2, 0.25) is 0 Å². The van der Waals surface area contributed by atoms with Gasteiger partial charge in [0.2, 0.25) is 6.79 Å². The van der Waals surface area contributed by atoms with E-state index in [1.807, 2.05) is 0 Å². The third kappa shape index (κ3) is 1.98. The van der Waals surface area contributed by atoms with Crippen molar-refractivity contribution in [3.8, 4) is 11.5 Å². The molecule has 6 nitrogen and oxygen atoms in total. The SMILES string of the molecule is CC(C(=[N+]=[N-])C(=O)O)c1ccc2c(c1)OCO2. The Balaban J connectivity index is 2.35. The van der Waals surface area contributed by atoms with Gasteiger partial charge in [0.25, 0.3) is 0 Å². The van der Waals surface area contributed by atoms with Crippen molar-refractivity contribution in [1.82, 2.24) is 0 Å². The van der Waals surface area contributed by atoms with Gasteiger partial charge in [0.15, 0.2) is 11.5 Å². The molecule has 0 fully saturated rings. The second-order valence-corrected chi connectivity index (χ2v) is 3.62. The van der Waals surface area contributed by atoms with Crippen LogP contribution in [0.5, 0.6) is 11.5 Å². The first-order valence-electron chi connectivity index (χ1n) is 4.98. The smallest absolute Gasteiger partial charge is 0.415 e. The van der Waals surface area contributed by atoms with Gasteiger partial charge in [0.1, 0.15) is 0 Å². The lowest BCUT2D eigenvalue weighted by Gasteiger charge is -2.06. The highest BCUT2D eigenvalue weighted by molar-refractivity contribution is 6.35. The maximum absolute atomic E-state index is 10.8. The Hall–Kier alpha value is -2.33. The predicted molar refractivity (Wildman–Crippen MR) is 57.2 cm³/mol. The van der Waals surface area contributed by atoms with Crippen molar-refractivity contribution in [2.45, 2.75) is 12.8 Å². The van der Waals surface area contributed by atoms with Gasteiger partial charge in [-0.15, -0.1) is 0 Å². The molecule has 1 aromatic rings. The molecule has 0 aliphatic carbocycles. The summed E-state index contributed by atoms with van der Waals surface area (Å²) in [6.07, 6.45) is 0. The zero-order valence-corrected chi connectivity index (χ0v) is 9.08. The van der Waals surface area contributed by atoms with Crippen molar-refractivity contribution in [2.24, 2.45) is 0 Å². The van der Waals surface area contributed by atoms with E-state index in [1.165, 1.54) is 0 Å². The van der Waals surface area contributed by atoms with Crippen molar-refractivity contribution in [3.63, 3.8) is 0 Å². The van der Waals surface area contributed by atoms with Crippen molar-refractivity contribution in [3.05, 3.63) is 29.3 Å². The molecule has 1 unspecified atom stereocenters. The van der Waals surface area contributed by atoms with Gasteiger partial charge in [-0.1, -0.05) is 6.07 Å². The van der Waals surface area contributed by atoms with Crippen LogP contribution in [0.1, 0.15) is 18.4 Å². The van der Waals surface area contributed by atoms with Crippen molar-refractivity contribution in [1.29, 1.82) is 0 Å². The van der Waals surface area contributed by atoms with E-state index in [0.29, 0.717) is 17.1 Å². The molecule has 0 spiro atoms. The number of rotatable bonds is 3. The molecule has 88 valence electrons. The van der Waals surface area contributed by atoms with E-state index >= 15 is 0 Å². The molecule has 0 amide bonds. The number of nitrogens with zero attached hydrogens (tertiary/aromatic N) is 2. The van der Waals surface area contributed by atoms with Crippen LogP contribution in [-0.2, 0) is 4.79 Å². The number of hydrogen-bond acceptors (Lipinski definition) is 3. The van der Waals surface area contributed by atoms with Gasteiger partial charge in [0.05, 0.1) is 5.92 Å². The van der Waals surface area contributed by atoms with Gasteiger partial charge in [-0.25, -0.2) is 4.79 Å². The lowest BCUT2D eigenvalue weighted by molar-refractivity contribution is -0.134. The topological polar surface area (TPSA) is 92.2 Å².